The number of rotatable bonds is 3. The molecule has 1 nitrogen and oxygen atoms in total. The number of hydrogen-bond donors (Lipinski definition) is 1. The quantitative estimate of drug-likeness (QED) is 0.889. The fraction of sp³-hybridized carbons (Fsp3) is 0.200. The van der Waals surface area contributed by atoms with Crippen LogP contribution in [0.3, 0.4) is 0 Å². The molecule has 1 atom stereocenters. The van der Waals surface area contributed by atoms with Crippen LogP contribution in [0.5, 0.6) is 0 Å². The van der Waals surface area contributed by atoms with E-state index in [0.717, 1.165) is 16.7 Å². The highest BCUT2D eigenvalue weighted by molar-refractivity contribution is 6.30. The van der Waals surface area contributed by atoms with Gasteiger partial charge in [0.05, 0.1) is 0 Å². The zero-order valence-electron chi connectivity index (χ0n) is 10.2. The van der Waals surface area contributed by atoms with Crippen molar-refractivity contribution in [3.05, 3.63) is 70.0 Å². The molecule has 0 saturated carbocycles. The van der Waals surface area contributed by atoms with Crippen molar-refractivity contribution in [2.75, 3.05) is 0 Å². The minimum atomic E-state index is -0.229. The van der Waals surface area contributed by atoms with Crippen molar-refractivity contribution in [1.29, 1.82) is 0 Å². The maximum absolute atomic E-state index is 13.1. The number of aryl methyl sites for hydroxylation is 1. The Morgan fingerprint density at radius 1 is 1.22 bits per heavy atom. The van der Waals surface area contributed by atoms with Crippen LogP contribution in [-0.4, -0.2) is 0 Å². The van der Waals surface area contributed by atoms with E-state index in [2.05, 4.69) is 0 Å². The minimum absolute atomic E-state index is 0.149. The van der Waals surface area contributed by atoms with E-state index in [9.17, 15) is 4.39 Å². The average molecular weight is 264 g/mol. The van der Waals surface area contributed by atoms with Gasteiger partial charge in [0.15, 0.2) is 0 Å². The van der Waals surface area contributed by atoms with Gasteiger partial charge in [0.25, 0.3) is 0 Å². The van der Waals surface area contributed by atoms with Gasteiger partial charge in [0.1, 0.15) is 5.82 Å². The highest BCUT2D eigenvalue weighted by Crippen LogP contribution is 2.22. The van der Waals surface area contributed by atoms with Crippen molar-refractivity contribution >= 4 is 11.6 Å². The van der Waals surface area contributed by atoms with Crippen LogP contribution < -0.4 is 5.73 Å². The zero-order chi connectivity index (χ0) is 13.1. The van der Waals surface area contributed by atoms with E-state index in [1.165, 1.54) is 12.1 Å². The molecule has 0 aromatic heterocycles. The molecule has 0 amide bonds. The molecule has 2 aromatic carbocycles. The molecule has 0 saturated heterocycles. The highest BCUT2D eigenvalue weighted by atomic mass is 35.5. The third kappa shape index (κ3) is 3.09. The van der Waals surface area contributed by atoms with Crippen LogP contribution in [0, 0.1) is 12.7 Å². The number of halogens is 2. The first-order valence-electron chi connectivity index (χ1n) is 5.82. The molecule has 2 aromatic rings. The molecule has 2 rings (SSSR count). The number of nitrogens with two attached hydrogens (primary N) is 1. The van der Waals surface area contributed by atoms with Crippen molar-refractivity contribution in [1.82, 2.24) is 0 Å². The van der Waals surface area contributed by atoms with Crippen molar-refractivity contribution in [2.45, 2.75) is 19.4 Å². The summed E-state index contributed by atoms with van der Waals surface area (Å²) in [5, 5.41) is 0.703. The molecule has 1 unspecified atom stereocenters. The van der Waals surface area contributed by atoms with Crippen LogP contribution in [-0.2, 0) is 6.42 Å². The Balaban J connectivity index is 2.19. The Hall–Kier alpha value is -1.38. The molecule has 0 spiro atoms. The van der Waals surface area contributed by atoms with Gasteiger partial charge in [-0.2, -0.15) is 0 Å². The van der Waals surface area contributed by atoms with E-state index in [4.69, 9.17) is 17.3 Å². The molecule has 0 heterocycles. The first-order chi connectivity index (χ1) is 8.56. The lowest BCUT2D eigenvalue weighted by atomic mass is 9.96. The maximum atomic E-state index is 13.1. The molecule has 18 heavy (non-hydrogen) atoms. The van der Waals surface area contributed by atoms with Crippen LogP contribution in [0.15, 0.2) is 42.5 Å². The van der Waals surface area contributed by atoms with Gasteiger partial charge in [0.2, 0.25) is 0 Å². The van der Waals surface area contributed by atoms with E-state index >= 15 is 0 Å². The molecule has 94 valence electrons. The third-order valence-corrected chi connectivity index (χ3v) is 3.21. The summed E-state index contributed by atoms with van der Waals surface area (Å²) in [7, 11) is 0. The third-order valence-electron chi connectivity index (χ3n) is 2.98. The molecule has 0 aliphatic heterocycles. The van der Waals surface area contributed by atoms with Gasteiger partial charge in [-0.25, -0.2) is 4.39 Å². The minimum Gasteiger partial charge on any atom is -0.324 e. The van der Waals surface area contributed by atoms with Gasteiger partial charge in [-0.1, -0.05) is 29.8 Å². The molecule has 2 N–H and O–H groups in total. The van der Waals surface area contributed by atoms with E-state index < -0.39 is 0 Å². The zero-order valence-corrected chi connectivity index (χ0v) is 10.9. The fourth-order valence-corrected chi connectivity index (χ4v) is 2.31. The Kier molecular flexibility index (Phi) is 4.00. The molecule has 0 radical (unpaired) electrons. The van der Waals surface area contributed by atoms with Gasteiger partial charge in [-0.3, -0.25) is 0 Å². The van der Waals surface area contributed by atoms with Gasteiger partial charge in [-0.05, 0) is 54.3 Å². The molecular weight excluding hydrogens is 249 g/mol. The second-order valence-corrected chi connectivity index (χ2v) is 4.88. The molecule has 0 fully saturated rings. The van der Waals surface area contributed by atoms with Crippen molar-refractivity contribution < 1.29 is 4.39 Å². The van der Waals surface area contributed by atoms with E-state index in [0.29, 0.717) is 11.4 Å². The summed E-state index contributed by atoms with van der Waals surface area (Å²) in [5.41, 5.74) is 9.17. The number of benzene rings is 2. The van der Waals surface area contributed by atoms with Gasteiger partial charge in [-0.15, -0.1) is 0 Å². The normalized spacial score (nSPS) is 12.4. The monoisotopic (exact) mass is 263 g/mol. The summed E-state index contributed by atoms with van der Waals surface area (Å²) in [4.78, 5) is 0. The standard InChI is InChI=1S/C15H15ClFN/c1-10-7-12(16)5-6-14(10)15(18)9-11-3-2-4-13(17)8-11/h2-8,15H,9,18H2,1H3. The molecule has 3 heteroatoms. The lowest BCUT2D eigenvalue weighted by Gasteiger charge is -2.15. The number of hydrogen-bond acceptors (Lipinski definition) is 1. The first-order valence-corrected chi connectivity index (χ1v) is 6.20. The summed E-state index contributed by atoms with van der Waals surface area (Å²) in [6.45, 7) is 1.98. The highest BCUT2D eigenvalue weighted by Gasteiger charge is 2.10. The van der Waals surface area contributed by atoms with Crippen LogP contribution in [0.4, 0.5) is 4.39 Å². The van der Waals surface area contributed by atoms with Crippen LogP contribution in [0.1, 0.15) is 22.7 Å². The lowest BCUT2D eigenvalue weighted by molar-refractivity contribution is 0.622. The van der Waals surface area contributed by atoms with E-state index in [1.54, 1.807) is 6.07 Å². The van der Waals surface area contributed by atoms with Crippen molar-refractivity contribution in [2.24, 2.45) is 5.73 Å². The van der Waals surface area contributed by atoms with E-state index in [-0.39, 0.29) is 11.9 Å². The Morgan fingerprint density at radius 3 is 2.67 bits per heavy atom. The fourth-order valence-electron chi connectivity index (χ4n) is 2.08. The second-order valence-electron chi connectivity index (χ2n) is 4.44. The Labute approximate surface area is 111 Å². The molecule has 0 bridgehead atoms. The summed E-state index contributed by atoms with van der Waals surface area (Å²) in [6, 6.07) is 12.0. The Morgan fingerprint density at radius 2 is 2.00 bits per heavy atom. The van der Waals surface area contributed by atoms with Crippen LogP contribution in [0.2, 0.25) is 5.02 Å². The lowest BCUT2D eigenvalue weighted by Crippen LogP contribution is -2.14. The topological polar surface area (TPSA) is 26.0 Å². The SMILES string of the molecule is Cc1cc(Cl)ccc1C(N)Cc1cccc(F)c1. The maximum Gasteiger partial charge on any atom is 0.123 e. The predicted molar refractivity (Wildman–Crippen MR) is 73.2 cm³/mol. The predicted octanol–water partition coefficient (Wildman–Crippen LogP) is 4.03. The van der Waals surface area contributed by atoms with Crippen molar-refractivity contribution in [3.63, 3.8) is 0 Å². The summed E-state index contributed by atoms with van der Waals surface area (Å²) in [5.74, 6) is -0.229. The Bertz CT molecular complexity index is 554. The van der Waals surface area contributed by atoms with Crippen LogP contribution in [0.25, 0.3) is 0 Å². The van der Waals surface area contributed by atoms with Crippen molar-refractivity contribution in [3.8, 4) is 0 Å². The van der Waals surface area contributed by atoms with E-state index in [1.807, 2.05) is 31.2 Å². The first kappa shape index (κ1) is 13.1. The summed E-state index contributed by atoms with van der Waals surface area (Å²) < 4.78 is 13.1. The smallest absolute Gasteiger partial charge is 0.123 e. The van der Waals surface area contributed by atoms with Gasteiger partial charge >= 0.3 is 0 Å². The molecule has 0 aliphatic carbocycles. The average Bonchev–Trinajstić information content (AvgIpc) is 2.28. The molecule has 0 aliphatic rings. The van der Waals surface area contributed by atoms with Crippen LogP contribution >= 0.6 is 11.6 Å². The van der Waals surface area contributed by atoms with Gasteiger partial charge in [0, 0.05) is 11.1 Å². The second kappa shape index (κ2) is 5.51. The molecular formula is C15H15ClFN. The summed E-state index contributed by atoms with van der Waals surface area (Å²) >= 11 is 5.91. The summed E-state index contributed by atoms with van der Waals surface area (Å²) in [6.07, 6.45) is 0.611. The van der Waals surface area contributed by atoms with Gasteiger partial charge < -0.3 is 5.73 Å². The largest absolute Gasteiger partial charge is 0.324 e.